The molecule has 3 heterocycles. The van der Waals surface area contributed by atoms with Crippen LogP contribution in [0.3, 0.4) is 0 Å². The molecule has 0 aliphatic carbocycles. The van der Waals surface area contributed by atoms with Gasteiger partial charge in [-0.05, 0) is 39.7 Å². The predicted molar refractivity (Wildman–Crippen MR) is 111 cm³/mol. The molecule has 0 radical (unpaired) electrons. The topological polar surface area (TPSA) is 101 Å². The lowest BCUT2D eigenvalue weighted by Gasteiger charge is -2.34. The van der Waals surface area contributed by atoms with E-state index >= 15 is 0 Å². The molecule has 162 valence electrons. The summed E-state index contributed by atoms with van der Waals surface area (Å²) in [6, 6.07) is 1.60. The average molecular weight is 415 g/mol. The van der Waals surface area contributed by atoms with E-state index in [-0.39, 0.29) is 30.2 Å². The molecule has 0 bridgehead atoms. The van der Waals surface area contributed by atoms with Crippen LogP contribution in [0, 0.1) is 12.8 Å². The van der Waals surface area contributed by atoms with Crippen molar-refractivity contribution >= 4 is 23.4 Å². The number of piperidine rings is 1. The number of rotatable bonds is 7. The van der Waals surface area contributed by atoms with Crippen LogP contribution in [-0.4, -0.2) is 63.5 Å². The molecule has 1 saturated heterocycles. The van der Waals surface area contributed by atoms with Gasteiger partial charge < -0.3 is 19.5 Å². The number of aromatic nitrogens is 2. The fourth-order valence-electron chi connectivity index (χ4n) is 3.77. The molecular weight excluding hydrogens is 386 g/mol. The highest BCUT2D eigenvalue weighted by molar-refractivity contribution is 6.04. The summed E-state index contributed by atoms with van der Waals surface area (Å²) in [5.41, 5.74) is 0.956. The summed E-state index contributed by atoms with van der Waals surface area (Å²) in [4.78, 5) is 41.2. The number of nitrogens with zero attached hydrogens (tertiary/aromatic N) is 4. The van der Waals surface area contributed by atoms with Crippen LogP contribution in [0.5, 0.6) is 0 Å². The molecule has 0 saturated carbocycles. The van der Waals surface area contributed by atoms with Crippen LogP contribution < -0.4 is 5.32 Å². The highest BCUT2D eigenvalue weighted by Gasteiger charge is 2.30. The monoisotopic (exact) mass is 415 g/mol. The van der Waals surface area contributed by atoms with E-state index in [1.54, 1.807) is 24.1 Å². The largest absolute Gasteiger partial charge is 0.469 e. The first-order valence-electron chi connectivity index (χ1n) is 10.4. The van der Waals surface area contributed by atoms with Gasteiger partial charge in [-0.25, -0.2) is 0 Å². The number of anilines is 1. The van der Waals surface area contributed by atoms with Crippen molar-refractivity contribution < 1.29 is 18.8 Å². The number of hydrogen-bond acceptors (Lipinski definition) is 5. The second-order valence-corrected chi connectivity index (χ2v) is 7.46. The summed E-state index contributed by atoms with van der Waals surface area (Å²) in [6.45, 7) is 8.16. The standard InChI is InChI=1S/C21H29N5O4/c1-4-24(5-2)21(29)16-7-6-9-25(12-16)19(27)14-26-13-17(11-22-26)23-20(28)18-8-10-30-15(18)3/h8,10-11,13,16H,4-7,9,12,14H2,1-3H3,(H,23,28)/t16-/m0/s1. The van der Waals surface area contributed by atoms with E-state index in [1.165, 1.54) is 17.1 Å². The molecule has 0 unspecified atom stereocenters. The summed E-state index contributed by atoms with van der Waals surface area (Å²) in [5.74, 6) is 0.137. The average Bonchev–Trinajstić information content (AvgIpc) is 3.37. The Morgan fingerprint density at radius 1 is 1.30 bits per heavy atom. The van der Waals surface area contributed by atoms with Gasteiger partial charge in [-0.2, -0.15) is 5.10 Å². The lowest BCUT2D eigenvalue weighted by Crippen LogP contribution is -2.47. The van der Waals surface area contributed by atoms with Crippen molar-refractivity contribution in [2.75, 3.05) is 31.5 Å². The number of carbonyl (C=O) groups excluding carboxylic acids is 3. The lowest BCUT2D eigenvalue weighted by atomic mass is 9.96. The van der Waals surface area contributed by atoms with Gasteiger partial charge in [-0.1, -0.05) is 0 Å². The fraction of sp³-hybridized carbons (Fsp3) is 0.524. The van der Waals surface area contributed by atoms with Gasteiger partial charge in [-0.3, -0.25) is 19.1 Å². The van der Waals surface area contributed by atoms with Gasteiger partial charge in [0.25, 0.3) is 5.91 Å². The molecule has 1 N–H and O–H groups in total. The Kier molecular flexibility index (Phi) is 6.91. The first-order valence-corrected chi connectivity index (χ1v) is 10.4. The molecule has 2 aromatic heterocycles. The molecule has 3 amide bonds. The van der Waals surface area contributed by atoms with E-state index in [4.69, 9.17) is 4.42 Å². The van der Waals surface area contributed by atoms with Gasteiger partial charge in [0.2, 0.25) is 11.8 Å². The molecule has 2 aromatic rings. The smallest absolute Gasteiger partial charge is 0.259 e. The zero-order valence-corrected chi connectivity index (χ0v) is 17.8. The molecule has 9 nitrogen and oxygen atoms in total. The normalized spacial score (nSPS) is 16.4. The summed E-state index contributed by atoms with van der Waals surface area (Å²) in [5, 5.41) is 6.92. The van der Waals surface area contributed by atoms with Gasteiger partial charge in [-0.15, -0.1) is 0 Å². The van der Waals surface area contributed by atoms with Crippen molar-refractivity contribution in [3.63, 3.8) is 0 Å². The zero-order valence-electron chi connectivity index (χ0n) is 17.8. The van der Waals surface area contributed by atoms with Crippen molar-refractivity contribution in [1.29, 1.82) is 0 Å². The fourth-order valence-corrected chi connectivity index (χ4v) is 3.77. The number of likely N-dealkylation sites (tertiary alicyclic amines) is 1. The second-order valence-electron chi connectivity index (χ2n) is 7.46. The van der Waals surface area contributed by atoms with Crippen molar-refractivity contribution in [1.82, 2.24) is 19.6 Å². The van der Waals surface area contributed by atoms with Gasteiger partial charge in [0.15, 0.2) is 0 Å². The maximum atomic E-state index is 12.7. The first kappa shape index (κ1) is 21.6. The molecule has 0 aromatic carbocycles. The minimum atomic E-state index is -0.291. The second kappa shape index (κ2) is 9.60. The van der Waals surface area contributed by atoms with Gasteiger partial charge in [0.1, 0.15) is 12.3 Å². The Hall–Kier alpha value is -3.10. The van der Waals surface area contributed by atoms with Crippen LogP contribution in [0.25, 0.3) is 0 Å². The van der Waals surface area contributed by atoms with E-state index in [1.807, 2.05) is 18.7 Å². The van der Waals surface area contributed by atoms with E-state index in [2.05, 4.69) is 10.4 Å². The lowest BCUT2D eigenvalue weighted by molar-refractivity contribution is -0.141. The Bertz CT molecular complexity index is 899. The molecule has 30 heavy (non-hydrogen) atoms. The van der Waals surface area contributed by atoms with E-state index in [0.717, 1.165) is 12.8 Å². The van der Waals surface area contributed by atoms with Crippen LogP contribution in [0.4, 0.5) is 5.69 Å². The molecular formula is C21H29N5O4. The first-order chi connectivity index (χ1) is 14.4. The number of amides is 3. The predicted octanol–water partition coefficient (Wildman–Crippen LogP) is 2.14. The van der Waals surface area contributed by atoms with E-state index in [0.29, 0.717) is 43.2 Å². The molecule has 9 heteroatoms. The van der Waals surface area contributed by atoms with Crippen LogP contribution >= 0.6 is 0 Å². The SMILES string of the molecule is CCN(CC)C(=O)[C@H]1CCCN(C(=O)Cn2cc(NC(=O)c3ccoc3C)cn2)C1. The molecule has 1 aliphatic heterocycles. The maximum Gasteiger partial charge on any atom is 0.259 e. The van der Waals surface area contributed by atoms with Gasteiger partial charge in [0.05, 0.1) is 29.6 Å². The van der Waals surface area contributed by atoms with Crippen molar-refractivity contribution in [2.45, 2.75) is 40.2 Å². The van der Waals surface area contributed by atoms with Crippen LogP contribution in [0.2, 0.25) is 0 Å². The van der Waals surface area contributed by atoms with Gasteiger partial charge >= 0.3 is 0 Å². The molecule has 0 spiro atoms. The third-order valence-corrected chi connectivity index (χ3v) is 5.49. The number of carbonyl (C=O) groups is 3. The van der Waals surface area contributed by atoms with E-state index in [9.17, 15) is 14.4 Å². The highest BCUT2D eigenvalue weighted by atomic mass is 16.3. The summed E-state index contributed by atoms with van der Waals surface area (Å²) in [6.07, 6.45) is 6.21. The van der Waals surface area contributed by atoms with Crippen molar-refractivity contribution in [3.8, 4) is 0 Å². The Morgan fingerprint density at radius 2 is 2.07 bits per heavy atom. The van der Waals surface area contributed by atoms with Gasteiger partial charge in [0, 0.05) is 32.4 Å². The van der Waals surface area contributed by atoms with Crippen LogP contribution in [-0.2, 0) is 16.1 Å². The number of nitrogens with one attached hydrogen (secondary N) is 1. The van der Waals surface area contributed by atoms with Crippen molar-refractivity contribution in [3.05, 3.63) is 36.0 Å². The summed E-state index contributed by atoms with van der Waals surface area (Å²) in [7, 11) is 0. The molecule has 1 fully saturated rings. The minimum Gasteiger partial charge on any atom is -0.469 e. The van der Waals surface area contributed by atoms with Crippen LogP contribution in [0.15, 0.2) is 29.1 Å². The Labute approximate surface area is 176 Å². The molecule has 1 aliphatic rings. The maximum absolute atomic E-state index is 12.7. The minimum absolute atomic E-state index is 0.0623. The van der Waals surface area contributed by atoms with Crippen LogP contribution in [0.1, 0.15) is 42.8 Å². The Balaban J connectivity index is 1.56. The third kappa shape index (κ3) is 4.90. The quantitative estimate of drug-likeness (QED) is 0.747. The molecule has 1 atom stereocenters. The third-order valence-electron chi connectivity index (χ3n) is 5.49. The number of furan rings is 1. The van der Waals surface area contributed by atoms with Crippen molar-refractivity contribution in [2.24, 2.45) is 5.92 Å². The number of hydrogen-bond donors (Lipinski definition) is 1. The molecule has 3 rings (SSSR count). The number of aryl methyl sites for hydroxylation is 1. The summed E-state index contributed by atoms with van der Waals surface area (Å²) < 4.78 is 6.64. The Morgan fingerprint density at radius 3 is 2.73 bits per heavy atom. The zero-order chi connectivity index (χ0) is 21.7. The van der Waals surface area contributed by atoms with E-state index < -0.39 is 0 Å². The highest BCUT2D eigenvalue weighted by Crippen LogP contribution is 2.20. The summed E-state index contributed by atoms with van der Waals surface area (Å²) >= 11 is 0.